The summed E-state index contributed by atoms with van der Waals surface area (Å²) in [6.07, 6.45) is 3.13. The average molecular weight is 729 g/mol. The van der Waals surface area contributed by atoms with Crippen molar-refractivity contribution in [2.24, 2.45) is 0 Å². The molecule has 0 amide bonds. The van der Waals surface area contributed by atoms with E-state index in [0.29, 0.717) is 5.92 Å². The van der Waals surface area contributed by atoms with Crippen LogP contribution < -0.4 is 0 Å². The van der Waals surface area contributed by atoms with Gasteiger partial charge in [-0.1, -0.05) is 75.6 Å². The summed E-state index contributed by atoms with van der Waals surface area (Å²) in [6, 6.07) is 19.7. The van der Waals surface area contributed by atoms with Crippen molar-refractivity contribution in [1.29, 1.82) is 0 Å². The Hall–Kier alpha value is -2.85. The average Bonchev–Trinajstić information content (AvgIpc) is 3.21. The van der Waals surface area contributed by atoms with Crippen molar-refractivity contribution in [1.82, 2.24) is 4.98 Å². The Morgan fingerprint density at radius 1 is 0.975 bits per heavy atom. The Labute approximate surface area is 255 Å². The molecule has 0 atom stereocenters. The van der Waals surface area contributed by atoms with Gasteiger partial charge in [0.15, 0.2) is 5.78 Å². The number of benzene rings is 3. The van der Waals surface area contributed by atoms with E-state index in [1.165, 1.54) is 73.1 Å². The molecule has 0 aliphatic rings. The number of aromatic nitrogens is 1. The first-order chi connectivity index (χ1) is 18.3. The Balaban J connectivity index is 0.000000492. The third-order valence-electron chi connectivity index (χ3n) is 6.81. The van der Waals surface area contributed by atoms with Gasteiger partial charge in [0.2, 0.25) is 0 Å². The molecule has 2 aromatic heterocycles. The quantitative estimate of drug-likeness (QED) is 0.0871. The van der Waals surface area contributed by atoms with Crippen molar-refractivity contribution >= 4 is 48.8 Å². The number of hydrogen-bond acceptors (Lipinski definition) is 4. The summed E-state index contributed by atoms with van der Waals surface area (Å²) < 4.78 is 1.35. The molecular weight excluding hydrogens is 691 g/mol. The Kier molecular flexibility index (Phi) is 9.77. The molecule has 3 nitrogen and oxygen atoms in total. The molecule has 0 bridgehead atoms. The van der Waals surface area contributed by atoms with Crippen molar-refractivity contribution in [3.8, 4) is 11.3 Å². The number of carbonyl (C=O) groups excluding carboxylic acids is 1. The normalized spacial score (nSPS) is 12.0. The minimum atomic E-state index is -0.125. The number of ketones is 1. The summed E-state index contributed by atoms with van der Waals surface area (Å²) in [5.41, 5.74) is 6.26. The van der Waals surface area contributed by atoms with Crippen LogP contribution in [0, 0.1) is 19.9 Å². The van der Waals surface area contributed by atoms with E-state index in [1.54, 1.807) is 0 Å². The SMILES string of the molecule is CC(=O)/C=C(/C)O.Cc1cc(C(C)C)c2ccc3c(-c4[c-]c5cc(C)sc5c(C(C)(C)C)c4)nccc3c2c1.[Ir]. The standard InChI is InChI=1S/C30H30NS.C5H8O2.Ir/c1-17(2)25-12-18(3)13-26-22(25)8-9-24-23(26)10-11-31-28(24)20-15-21-14-19(4)32-29(21)27(16-20)30(5,6)7;1-4(6)3-5(2)7;/h8-14,16-17H,1-7H3;3,6H,1-2H3;/q-1;;/b;4-3-;. The van der Waals surface area contributed by atoms with E-state index in [0.717, 1.165) is 11.3 Å². The van der Waals surface area contributed by atoms with E-state index in [9.17, 15) is 4.79 Å². The number of aliphatic hydroxyl groups excluding tert-OH is 1. The van der Waals surface area contributed by atoms with Crippen LogP contribution in [0.15, 0.2) is 60.5 Å². The molecule has 5 heteroatoms. The van der Waals surface area contributed by atoms with E-state index in [1.807, 2.05) is 17.5 Å². The van der Waals surface area contributed by atoms with Gasteiger partial charge in [0.05, 0.1) is 5.76 Å². The maximum absolute atomic E-state index is 10.0. The van der Waals surface area contributed by atoms with Crippen LogP contribution in [0.4, 0.5) is 0 Å². The third-order valence-corrected chi connectivity index (χ3v) is 7.89. The van der Waals surface area contributed by atoms with Crippen LogP contribution in [0.3, 0.4) is 0 Å². The Morgan fingerprint density at radius 3 is 2.23 bits per heavy atom. The van der Waals surface area contributed by atoms with E-state index >= 15 is 0 Å². The second kappa shape index (κ2) is 12.3. The fourth-order valence-electron chi connectivity index (χ4n) is 5.15. The maximum Gasteiger partial charge on any atom is 0.155 e. The summed E-state index contributed by atoms with van der Waals surface area (Å²) in [5.74, 6) is 0.426. The summed E-state index contributed by atoms with van der Waals surface area (Å²) in [6.45, 7) is 18.7. The van der Waals surface area contributed by atoms with Gasteiger partial charge in [-0.2, -0.15) is 11.3 Å². The molecule has 0 unspecified atom stereocenters. The fraction of sp³-hybridized carbons (Fsp3) is 0.314. The maximum atomic E-state index is 10.0. The minimum Gasteiger partial charge on any atom is -0.512 e. The van der Waals surface area contributed by atoms with Crippen molar-refractivity contribution in [3.63, 3.8) is 0 Å². The monoisotopic (exact) mass is 729 g/mol. The fourth-order valence-corrected chi connectivity index (χ4v) is 6.34. The van der Waals surface area contributed by atoms with Gasteiger partial charge in [-0.25, -0.2) is 0 Å². The van der Waals surface area contributed by atoms with Gasteiger partial charge in [-0.05, 0) is 81.8 Å². The number of fused-ring (bicyclic) bond motifs is 4. The summed E-state index contributed by atoms with van der Waals surface area (Å²) in [5, 5.41) is 14.7. The number of carbonyl (C=O) groups is 1. The Bertz CT molecular complexity index is 1730. The van der Waals surface area contributed by atoms with Crippen LogP contribution >= 0.6 is 11.3 Å². The third kappa shape index (κ3) is 6.71. The number of nitrogens with zero attached hydrogens (tertiary/aromatic N) is 1. The number of allylic oxidation sites excluding steroid dienone is 2. The van der Waals surface area contributed by atoms with Gasteiger partial charge in [0, 0.05) is 38.1 Å². The summed E-state index contributed by atoms with van der Waals surface area (Å²) in [4.78, 5) is 16.2. The molecule has 0 aliphatic carbocycles. The molecule has 2 heterocycles. The minimum absolute atomic E-state index is 0. The van der Waals surface area contributed by atoms with Crippen LogP contribution in [0.25, 0.3) is 42.9 Å². The number of rotatable bonds is 3. The topological polar surface area (TPSA) is 50.2 Å². The molecule has 1 N–H and O–H groups in total. The predicted octanol–water partition coefficient (Wildman–Crippen LogP) is 10.1. The zero-order chi connectivity index (χ0) is 28.6. The number of thiophene rings is 1. The molecule has 0 fully saturated rings. The molecule has 5 aromatic rings. The van der Waals surface area contributed by atoms with Crippen LogP contribution in [-0.4, -0.2) is 15.9 Å². The number of aliphatic hydroxyl groups is 1. The van der Waals surface area contributed by atoms with Crippen molar-refractivity contribution in [2.45, 2.75) is 73.6 Å². The van der Waals surface area contributed by atoms with Gasteiger partial charge in [-0.15, -0.1) is 23.6 Å². The van der Waals surface area contributed by atoms with Crippen molar-refractivity contribution < 1.29 is 30.0 Å². The van der Waals surface area contributed by atoms with Crippen molar-refractivity contribution in [2.75, 3.05) is 0 Å². The second-order valence-electron chi connectivity index (χ2n) is 11.8. The zero-order valence-electron chi connectivity index (χ0n) is 24.8. The summed E-state index contributed by atoms with van der Waals surface area (Å²) >= 11 is 1.87. The molecule has 0 saturated carbocycles. The molecule has 0 aliphatic heterocycles. The number of pyridine rings is 1. The molecule has 0 saturated heterocycles. The molecule has 211 valence electrons. The molecule has 40 heavy (non-hydrogen) atoms. The summed E-state index contributed by atoms with van der Waals surface area (Å²) in [7, 11) is 0. The van der Waals surface area contributed by atoms with Gasteiger partial charge >= 0.3 is 0 Å². The van der Waals surface area contributed by atoms with Crippen LogP contribution in [0.5, 0.6) is 0 Å². The van der Waals surface area contributed by atoms with Gasteiger partial charge in [-0.3, -0.25) is 9.78 Å². The van der Waals surface area contributed by atoms with Crippen LogP contribution in [0.2, 0.25) is 0 Å². The molecule has 3 aromatic carbocycles. The van der Waals surface area contributed by atoms with Gasteiger partial charge in [0.25, 0.3) is 0 Å². The smallest absolute Gasteiger partial charge is 0.155 e. The van der Waals surface area contributed by atoms with Crippen molar-refractivity contribution in [3.05, 3.63) is 88.1 Å². The first kappa shape index (κ1) is 31.7. The van der Waals surface area contributed by atoms with Crippen LogP contribution in [0.1, 0.15) is 76.0 Å². The first-order valence-electron chi connectivity index (χ1n) is 13.4. The molecular formula is C35H38IrNO2S-. The van der Waals surface area contributed by atoms with E-state index in [2.05, 4.69) is 97.0 Å². The van der Waals surface area contributed by atoms with E-state index in [-0.39, 0.29) is 37.1 Å². The number of hydrogen-bond donors (Lipinski definition) is 1. The van der Waals surface area contributed by atoms with E-state index in [4.69, 9.17) is 10.1 Å². The molecule has 5 rings (SSSR count). The molecule has 0 spiro atoms. The largest absolute Gasteiger partial charge is 0.512 e. The number of aryl methyl sites for hydroxylation is 2. The molecule has 1 radical (unpaired) electrons. The van der Waals surface area contributed by atoms with Gasteiger partial charge < -0.3 is 5.11 Å². The Morgan fingerprint density at radius 2 is 1.65 bits per heavy atom. The predicted molar refractivity (Wildman–Crippen MR) is 168 cm³/mol. The van der Waals surface area contributed by atoms with Gasteiger partial charge in [0.1, 0.15) is 0 Å². The second-order valence-corrected chi connectivity index (χ2v) is 13.0. The first-order valence-corrected chi connectivity index (χ1v) is 14.2. The van der Waals surface area contributed by atoms with Crippen LogP contribution in [-0.2, 0) is 30.3 Å². The zero-order valence-corrected chi connectivity index (χ0v) is 28.0. The van der Waals surface area contributed by atoms with E-state index < -0.39 is 0 Å².